The number of hydrogen-bond acceptors (Lipinski definition) is 4. The van der Waals surface area contributed by atoms with Gasteiger partial charge in [0.15, 0.2) is 9.84 Å². The minimum Gasteiger partial charge on any atom is -0.316 e. The molecule has 3 fully saturated rings. The van der Waals surface area contributed by atoms with Crippen molar-refractivity contribution in [3.05, 3.63) is 0 Å². The average Bonchev–Trinajstić information content (AvgIpc) is 2.70. The molecule has 0 amide bonds. The predicted molar refractivity (Wildman–Crippen MR) is 82.1 cm³/mol. The molecule has 0 spiro atoms. The van der Waals surface area contributed by atoms with Crippen LogP contribution in [0.5, 0.6) is 0 Å². The number of halogens is 2. The summed E-state index contributed by atoms with van der Waals surface area (Å²) in [5, 5.41) is 3.41. The van der Waals surface area contributed by atoms with Crippen molar-refractivity contribution in [3.63, 3.8) is 0 Å². The third-order valence-electron chi connectivity index (χ3n) is 4.85. The van der Waals surface area contributed by atoms with E-state index in [-0.39, 0.29) is 24.8 Å². The molecule has 1 N–H and O–H groups in total. The van der Waals surface area contributed by atoms with Gasteiger partial charge in [-0.05, 0) is 43.8 Å². The molecule has 19 heavy (non-hydrogen) atoms. The van der Waals surface area contributed by atoms with Gasteiger partial charge in [0, 0.05) is 12.6 Å². The lowest BCUT2D eigenvalue weighted by molar-refractivity contribution is 0.205. The van der Waals surface area contributed by atoms with Gasteiger partial charge in [-0.3, -0.25) is 4.90 Å². The smallest absolute Gasteiger partial charge is 0.151 e. The van der Waals surface area contributed by atoms with E-state index < -0.39 is 9.84 Å². The maximum absolute atomic E-state index is 11.5. The van der Waals surface area contributed by atoms with Gasteiger partial charge in [-0.15, -0.1) is 24.8 Å². The number of hydrogen-bond donors (Lipinski definition) is 1. The molecule has 2 aliphatic heterocycles. The maximum Gasteiger partial charge on any atom is 0.151 e. The molecular formula is C12H24Cl2N2O2S. The SMILES string of the molecule is CCN(CC1[C@H]2CNC[C@@H]12)C1CCS(=O)(=O)C1.Cl.Cl. The zero-order valence-corrected chi connectivity index (χ0v) is 13.7. The standard InChI is InChI=1S/C12H22N2O2S.2ClH/c1-2-14(9-3-4-17(15,16)8-9)7-12-10-5-13-6-11(10)12;;/h9-13H,2-8H2,1H3;2*1H/t9?,10-,11+,12?;;. The zero-order chi connectivity index (χ0) is 12.0. The highest BCUT2D eigenvalue weighted by molar-refractivity contribution is 7.91. The van der Waals surface area contributed by atoms with Crippen molar-refractivity contribution in [1.29, 1.82) is 0 Å². The second kappa shape index (κ2) is 6.48. The van der Waals surface area contributed by atoms with E-state index in [9.17, 15) is 8.42 Å². The predicted octanol–water partition coefficient (Wildman–Crippen LogP) is 0.804. The molecule has 1 saturated carbocycles. The normalized spacial score (nSPS) is 38.4. The van der Waals surface area contributed by atoms with E-state index in [0.717, 1.165) is 37.3 Å². The van der Waals surface area contributed by atoms with E-state index in [1.54, 1.807) is 0 Å². The Hall–Kier alpha value is 0.450. The Morgan fingerprint density at radius 2 is 1.84 bits per heavy atom. The zero-order valence-electron chi connectivity index (χ0n) is 11.2. The van der Waals surface area contributed by atoms with Crippen LogP contribution in [0.2, 0.25) is 0 Å². The Morgan fingerprint density at radius 3 is 2.32 bits per heavy atom. The highest BCUT2D eigenvalue weighted by atomic mass is 35.5. The van der Waals surface area contributed by atoms with Crippen molar-refractivity contribution >= 4 is 34.7 Å². The molecule has 114 valence electrons. The average molecular weight is 331 g/mol. The Kier molecular flexibility index (Phi) is 5.97. The first-order chi connectivity index (χ1) is 8.11. The molecular weight excluding hydrogens is 307 g/mol. The number of sulfone groups is 1. The summed E-state index contributed by atoms with van der Waals surface area (Å²) in [5.41, 5.74) is 0. The first kappa shape index (κ1) is 17.5. The highest BCUT2D eigenvalue weighted by Gasteiger charge is 2.53. The minimum absolute atomic E-state index is 0. The van der Waals surface area contributed by atoms with E-state index in [4.69, 9.17) is 0 Å². The van der Waals surface area contributed by atoms with Crippen LogP contribution in [0.15, 0.2) is 0 Å². The lowest BCUT2D eigenvalue weighted by Gasteiger charge is -2.27. The van der Waals surface area contributed by atoms with Crippen molar-refractivity contribution in [1.82, 2.24) is 10.2 Å². The first-order valence-corrected chi connectivity index (χ1v) is 8.58. The van der Waals surface area contributed by atoms with Gasteiger partial charge < -0.3 is 5.32 Å². The number of nitrogens with zero attached hydrogens (tertiary/aromatic N) is 1. The second-order valence-electron chi connectivity index (χ2n) is 5.79. The van der Waals surface area contributed by atoms with Gasteiger partial charge in [0.1, 0.15) is 0 Å². The lowest BCUT2D eigenvalue weighted by atomic mass is 10.2. The van der Waals surface area contributed by atoms with Crippen LogP contribution in [0.4, 0.5) is 0 Å². The van der Waals surface area contributed by atoms with E-state index in [0.29, 0.717) is 17.5 Å². The van der Waals surface area contributed by atoms with Crippen LogP contribution in [0.1, 0.15) is 13.3 Å². The fraction of sp³-hybridized carbons (Fsp3) is 1.00. The van der Waals surface area contributed by atoms with Crippen molar-refractivity contribution in [2.75, 3.05) is 37.7 Å². The summed E-state index contributed by atoms with van der Waals surface area (Å²) in [5.74, 6) is 3.37. The van der Waals surface area contributed by atoms with Crippen LogP contribution in [0.25, 0.3) is 0 Å². The maximum atomic E-state index is 11.5. The third kappa shape index (κ3) is 3.56. The van der Waals surface area contributed by atoms with Gasteiger partial charge in [-0.2, -0.15) is 0 Å². The molecule has 0 bridgehead atoms. The Labute approximate surface area is 128 Å². The van der Waals surface area contributed by atoms with Crippen LogP contribution in [0, 0.1) is 17.8 Å². The monoisotopic (exact) mass is 330 g/mol. The van der Waals surface area contributed by atoms with E-state index in [1.165, 1.54) is 13.1 Å². The molecule has 4 atom stereocenters. The summed E-state index contributed by atoms with van der Waals surface area (Å²) in [7, 11) is -2.74. The minimum atomic E-state index is -2.74. The highest BCUT2D eigenvalue weighted by Crippen LogP contribution is 2.49. The molecule has 0 aromatic heterocycles. The molecule has 3 aliphatic rings. The molecule has 7 heteroatoms. The second-order valence-corrected chi connectivity index (χ2v) is 8.02. The summed E-state index contributed by atoms with van der Waals surface area (Å²) in [6.07, 6.45) is 0.844. The van der Waals surface area contributed by atoms with Gasteiger partial charge >= 0.3 is 0 Å². The quantitative estimate of drug-likeness (QED) is 0.828. The molecule has 2 saturated heterocycles. The van der Waals surface area contributed by atoms with Crippen LogP contribution in [0.3, 0.4) is 0 Å². The first-order valence-electron chi connectivity index (χ1n) is 6.76. The van der Waals surface area contributed by atoms with Crippen LogP contribution in [-0.2, 0) is 9.84 Å². The fourth-order valence-electron chi connectivity index (χ4n) is 3.69. The Bertz CT molecular complexity index is 395. The van der Waals surface area contributed by atoms with Gasteiger partial charge in [-0.1, -0.05) is 6.92 Å². The third-order valence-corrected chi connectivity index (χ3v) is 6.60. The Morgan fingerprint density at radius 1 is 1.21 bits per heavy atom. The molecule has 2 heterocycles. The number of rotatable bonds is 4. The molecule has 4 nitrogen and oxygen atoms in total. The largest absolute Gasteiger partial charge is 0.316 e. The summed E-state index contributed by atoms with van der Waals surface area (Å²) < 4.78 is 23.0. The molecule has 0 radical (unpaired) electrons. The van der Waals surface area contributed by atoms with Crippen LogP contribution in [-0.4, -0.2) is 57.0 Å². The van der Waals surface area contributed by atoms with Gasteiger partial charge in [0.05, 0.1) is 11.5 Å². The van der Waals surface area contributed by atoms with Crippen molar-refractivity contribution in [2.45, 2.75) is 19.4 Å². The summed E-state index contributed by atoms with van der Waals surface area (Å²) >= 11 is 0. The van der Waals surface area contributed by atoms with Crippen LogP contribution < -0.4 is 5.32 Å². The number of fused-ring (bicyclic) bond motifs is 1. The lowest BCUT2D eigenvalue weighted by Crippen LogP contribution is -2.38. The summed E-state index contributed by atoms with van der Waals surface area (Å²) in [4.78, 5) is 2.41. The van der Waals surface area contributed by atoms with Gasteiger partial charge in [0.2, 0.25) is 0 Å². The summed E-state index contributed by atoms with van der Waals surface area (Å²) in [6, 6.07) is 0.291. The van der Waals surface area contributed by atoms with E-state index in [1.807, 2.05) is 0 Å². The molecule has 2 unspecified atom stereocenters. The Balaban J connectivity index is 0.000000902. The number of piperidine rings is 1. The molecule has 3 rings (SSSR count). The van der Waals surface area contributed by atoms with Crippen molar-refractivity contribution in [3.8, 4) is 0 Å². The van der Waals surface area contributed by atoms with Crippen molar-refractivity contribution in [2.24, 2.45) is 17.8 Å². The molecule has 0 aromatic rings. The topological polar surface area (TPSA) is 49.4 Å². The van der Waals surface area contributed by atoms with E-state index in [2.05, 4.69) is 17.1 Å². The van der Waals surface area contributed by atoms with Gasteiger partial charge in [-0.25, -0.2) is 8.42 Å². The molecule has 1 aliphatic carbocycles. The number of nitrogens with one attached hydrogen (secondary N) is 1. The molecule has 0 aromatic carbocycles. The fourth-order valence-corrected chi connectivity index (χ4v) is 5.45. The van der Waals surface area contributed by atoms with Crippen LogP contribution >= 0.6 is 24.8 Å². The van der Waals surface area contributed by atoms with E-state index >= 15 is 0 Å². The summed E-state index contributed by atoms with van der Waals surface area (Å²) in [6.45, 7) is 6.62. The van der Waals surface area contributed by atoms with Gasteiger partial charge in [0.25, 0.3) is 0 Å². The van der Waals surface area contributed by atoms with Crippen molar-refractivity contribution < 1.29 is 8.42 Å².